The first kappa shape index (κ1) is 11.0. The van der Waals surface area contributed by atoms with E-state index in [4.69, 9.17) is 17.3 Å². The number of anilines is 1. The van der Waals surface area contributed by atoms with Crippen molar-refractivity contribution in [2.75, 3.05) is 5.73 Å². The van der Waals surface area contributed by atoms with Gasteiger partial charge in [0, 0.05) is 22.7 Å². The van der Waals surface area contributed by atoms with E-state index in [0.29, 0.717) is 16.9 Å². The topological polar surface area (TPSA) is 54.7 Å². The quantitative estimate of drug-likeness (QED) is 0.703. The largest absolute Gasteiger partial charge is 0.397 e. The minimum absolute atomic E-state index is 0.0980. The number of hydrogen-bond donors (Lipinski definition) is 2. The normalized spacial score (nSPS) is 11.0. The lowest BCUT2D eigenvalue weighted by atomic mass is 10.1. The second-order valence-electron chi connectivity index (χ2n) is 3.97. The zero-order chi connectivity index (χ0) is 12.7. The predicted octanol–water partition coefficient (Wildman–Crippen LogP) is 3.60. The molecule has 0 unspecified atom stereocenters. The number of nitrogens with two attached hydrogens (primary N) is 1. The first-order valence-corrected chi connectivity index (χ1v) is 5.71. The number of benzene rings is 1. The molecule has 0 saturated carbocycles. The minimum Gasteiger partial charge on any atom is -0.397 e. The van der Waals surface area contributed by atoms with Gasteiger partial charge in [0.15, 0.2) is 0 Å². The van der Waals surface area contributed by atoms with Crippen molar-refractivity contribution in [1.29, 1.82) is 0 Å². The summed E-state index contributed by atoms with van der Waals surface area (Å²) in [4.78, 5) is 7.17. The summed E-state index contributed by atoms with van der Waals surface area (Å²) in [5, 5.41) is 0.920. The van der Waals surface area contributed by atoms with Gasteiger partial charge in [-0.05, 0) is 12.1 Å². The number of aromatic amines is 1. The maximum absolute atomic E-state index is 13.5. The molecule has 0 aliphatic carbocycles. The molecule has 3 rings (SSSR count). The highest BCUT2D eigenvalue weighted by Crippen LogP contribution is 2.34. The minimum atomic E-state index is -0.444. The average molecular weight is 262 g/mol. The van der Waals surface area contributed by atoms with Crippen LogP contribution in [0.3, 0.4) is 0 Å². The number of fused-ring (bicyclic) bond motifs is 1. The Morgan fingerprint density at radius 1 is 1.28 bits per heavy atom. The van der Waals surface area contributed by atoms with E-state index in [0.717, 1.165) is 10.9 Å². The van der Waals surface area contributed by atoms with E-state index < -0.39 is 5.82 Å². The van der Waals surface area contributed by atoms with Crippen LogP contribution in [0.2, 0.25) is 5.02 Å². The van der Waals surface area contributed by atoms with E-state index in [9.17, 15) is 4.39 Å². The van der Waals surface area contributed by atoms with E-state index in [2.05, 4.69) is 9.97 Å². The van der Waals surface area contributed by atoms with Crippen molar-refractivity contribution in [2.45, 2.75) is 0 Å². The van der Waals surface area contributed by atoms with Crippen molar-refractivity contribution >= 4 is 28.3 Å². The van der Waals surface area contributed by atoms with E-state index in [1.807, 2.05) is 0 Å². The highest BCUT2D eigenvalue weighted by molar-refractivity contribution is 6.33. The van der Waals surface area contributed by atoms with E-state index in [1.54, 1.807) is 30.6 Å². The molecule has 2 aromatic heterocycles. The van der Waals surface area contributed by atoms with Crippen LogP contribution in [0.1, 0.15) is 0 Å². The maximum atomic E-state index is 13.5. The third-order valence-electron chi connectivity index (χ3n) is 2.79. The average Bonchev–Trinajstić information content (AvgIpc) is 2.75. The Bertz CT molecular complexity index is 736. The molecule has 3 N–H and O–H groups in total. The molecule has 0 bridgehead atoms. The van der Waals surface area contributed by atoms with Crippen LogP contribution >= 0.6 is 11.6 Å². The van der Waals surface area contributed by atoms with Gasteiger partial charge in [0.05, 0.1) is 16.9 Å². The molecule has 18 heavy (non-hydrogen) atoms. The van der Waals surface area contributed by atoms with Gasteiger partial charge in [0.1, 0.15) is 11.5 Å². The lowest BCUT2D eigenvalue weighted by Crippen LogP contribution is -1.87. The number of nitrogens with one attached hydrogen (secondary N) is 1. The zero-order valence-electron chi connectivity index (χ0n) is 9.24. The Morgan fingerprint density at radius 2 is 2.11 bits per heavy atom. The molecule has 90 valence electrons. The first-order valence-electron chi connectivity index (χ1n) is 5.34. The van der Waals surface area contributed by atoms with Crippen molar-refractivity contribution in [3.63, 3.8) is 0 Å². The SMILES string of the molecule is Nc1cnc2[nH]cc(-c3cccc(F)c3Cl)c2c1. The third-order valence-corrected chi connectivity index (χ3v) is 3.18. The van der Waals surface area contributed by atoms with Crippen molar-refractivity contribution < 1.29 is 4.39 Å². The van der Waals surface area contributed by atoms with Gasteiger partial charge in [-0.25, -0.2) is 9.37 Å². The molecule has 0 fully saturated rings. The fraction of sp³-hybridized carbons (Fsp3) is 0. The number of nitrogens with zero attached hydrogens (tertiary/aromatic N) is 1. The summed E-state index contributed by atoms with van der Waals surface area (Å²) in [5.74, 6) is -0.444. The van der Waals surface area contributed by atoms with Gasteiger partial charge >= 0.3 is 0 Å². The summed E-state index contributed by atoms with van der Waals surface area (Å²) in [7, 11) is 0. The fourth-order valence-electron chi connectivity index (χ4n) is 1.95. The first-order chi connectivity index (χ1) is 8.66. The molecule has 0 aliphatic rings. The van der Waals surface area contributed by atoms with Crippen LogP contribution < -0.4 is 5.73 Å². The van der Waals surface area contributed by atoms with Gasteiger partial charge in [-0.15, -0.1) is 0 Å². The number of aromatic nitrogens is 2. The van der Waals surface area contributed by atoms with Crippen molar-refractivity contribution in [3.05, 3.63) is 47.5 Å². The van der Waals surface area contributed by atoms with Crippen LogP contribution in [0, 0.1) is 5.82 Å². The summed E-state index contributed by atoms with van der Waals surface area (Å²) in [6, 6.07) is 6.50. The number of hydrogen-bond acceptors (Lipinski definition) is 2. The Hall–Kier alpha value is -2.07. The van der Waals surface area contributed by atoms with Gasteiger partial charge in [-0.2, -0.15) is 0 Å². The number of pyridine rings is 1. The monoisotopic (exact) mass is 261 g/mol. The lowest BCUT2D eigenvalue weighted by Gasteiger charge is -2.03. The molecule has 0 spiro atoms. The standard InChI is InChI=1S/C13H9ClFN3/c14-12-8(2-1-3-11(12)15)10-6-18-13-9(10)4-7(16)5-17-13/h1-6H,16H2,(H,17,18). The lowest BCUT2D eigenvalue weighted by molar-refractivity contribution is 0.629. The summed E-state index contributed by atoms with van der Waals surface area (Å²) in [5.41, 5.74) is 8.37. The Labute approximate surface area is 107 Å². The summed E-state index contributed by atoms with van der Waals surface area (Å²) >= 11 is 5.98. The van der Waals surface area contributed by atoms with Gasteiger partial charge in [0.2, 0.25) is 0 Å². The van der Waals surface area contributed by atoms with E-state index in [-0.39, 0.29) is 5.02 Å². The smallest absolute Gasteiger partial charge is 0.142 e. The second kappa shape index (κ2) is 3.99. The summed E-state index contributed by atoms with van der Waals surface area (Å²) in [6.07, 6.45) is 3.31. The van der Waals surface area contributed by atoms with Gasteiger partial charge in [-0.1, -0.05) is 23.7 Å². The van der Waals surface area contributed by atoms with Crippen molar-refractivity contribution in [1.82, 2.24) is 9.97 Å². The molecule has 2 heterocycles. The Morgan fingerprint density at radius 3 is 2.94 bits per heavy atom. The van der Waals surface area contributed by atoms with E-state index >= 15 is 0 Å². The highest BCUT2D eigenvalue weighted by Gasteiger charge is 2.12. The van der Waals surface area contributed by atoms with E-state index in [1.165, 1.54) is 6.07 Å². The number of halogens is 2. The van der Waals surface area contributed by atoms with Crippen LogP contribution in [-0.2, 0) is 0 Å². The molecule has 0 radical (unpaired) electrons. The molecule has 0 aliphatic heterocycles. The zero-order valence-corrected chi connectivity index (χ0v) is 10.0. The van der Waals surface area contributed by atoms with Crippen molar-refractivity contribution in [2.24, 2.45) is 0 Å². The highest BCUT2D eigenvalue weighted by atomic mass is 35.5. The van der Waals surface area contributed by atoms with Crippen LogP contribution in [0.5, 0.6) is 0 Å². The van der Waals surface area contributed by atoms with Crippen molar-refractivity contribution in [3.8, 4) is 11.1 Å². The van der Waals surface area contributed by atoms with Crippen LogP contribution in [0.4, 0.5) is 10.1 Å². The van der Waals surface area contributed by atoms with Crippen LogP contribution in [0.15, 0.2) is 36.7 Å². The molecule has 0 saturated heterocycles. The molecular weight excluding hydrogens is 253 g/mol. The molecule has 3 aromatic rings. The molecule has 0 amide bonds. The number of nitrogen functional groups attached to an aromatic ring is 1. The van der Waals surface area contributed by atoms with Gasteiger partial charge in [-0.3, -0.25) is 0 Å². The fourth-order valence-corrected chi connectivity index (χ4v) is 2.18. The molecule has 5 heteroatoms. The third kappa shape index (κ3) is 1.62. The van der Waals surface area contributed by atoms with Crippen LogP contribution in [-0.4, -0.2) is 9.97 Å². The molecule has 3 nitrogen and oxygen atoms in total. The number of rotatable bonds is 1. The second-order valence-corrected chi connectivity index (χ2v) is 4.35. The number of H-pyrrole nitrogens is 1. The Balaban J connectivity index is 2.32. The molecular formula is C13H9ClFN3. The molecule has 1 aromatic carbocycles. The van der Waals surface area contributed by atoms with Gasteiger partial charge in [0.25, 0.3) is 0 Å². The van der Waals surface area contributed by atoms with Crippen LogP contribution in [0.25, 0.3) is 22.2 Å². The molecule has 0 atom stereocenters. The van der Waals surface area contributed by atoms with Gasteiger partial charge < -0.3 is 10.7 Å². The Kier molecular flexibility index (Phi) is 2.45. The maximum Gasteiger partial charge on any atom is 0.142 e. The summed E-state index contributed by atoms with van der Waals surface area (Å²) < 4.78 is 13.5. The summed E-state index contributed by atoms with van der Waals surface area (Å²) in [6.45, 7) is 0. The predicted molar refractivity (Wildman–Crippen MR) is 70.9 cm³/mol.